The van der Waals surface area contributed by atoms with E-state index in [0.717, 1.165) is 19.4 Å². The van der Waals surface area contributed by atoms with Crippen LogP contribution in [0.2, 0.25) is 0 Å². The molecule has 2 amide bonds. The van der Waals surface area contributed by atoms with Crippen molar-refractivity contribution in [3.8, 4) is 0 Å². The van der Waals surface area contributed by atoms with E-state index in [1.165, 1.54) is 25.1 Å². The molecular formula is C18H20FN5O2. The number of benzene rings is 1. The molecule has 0 radical (unpaired) electrons. The number of carbonyl (C=O) groups excluding carboxylic acids is 2. The van der Waals surface area contributed by atoms with Crippen LogP contribution in [0.15, 0.2) is 36.7 Å². The van der Waals surface area contributed by atoms with E-state index in [-0.39, 0.29) is 23.4 Å². The molecule has 1 aromatic heterocycles. The molecule has 0 bridgehead atoms. The minimum Gasteiger partial charge on any atom is -0.340 e. The minimum absolute atomic E-state index is 0.0401. The zero-order chi connectivity index (χ0) is 18.5. The molecule has 1 aliphatic rings. The van der Waals surface area contributed by atoms with Crippen LogP contribution < -0.4 is 15.5 Å². The predicted molar refractivity (Wildman–Crippen MR) is 96.3 cm³/mol. The summed E-state index contributed by atoms with van der Waals surface area (Å²) in [7, 11) is 0. The second-order valence-corrected chi connectivity index (χ2v) is 6.20. The lowest BCUT2D eigenvalue weighted by Gasteiger charge is -2.31. The van der Waals surface area contributed by atoms with Gasteiger partial charge in [0.25, 0.3) is 0 Å². The first-order chi connectivity index (χ1) is 12.5. The van der Waals surface area contributed by atoms with E-state index >= 15 is 0 Å². The summed E-state index contributed by atoms with van der Waals surface area (Å²) < 4.78 is 13.7. The van der Waals surface area contributed by atoms with Crippen LogP contribution in [0.3, 0.4) is 0 Å². The van der Waals surface area contributed by atoms with E-state index in [9.17, 15) is 14.0 Å². The molecule has 1 atom stereocenters. The number of hydrogen-bond acceptors (Lipinski definition) is 5. The Hall–Kier alpha value is -3.03. The number of anilines is 3. The molecule has 1 saturated heterocycles. The summed E-state index contributed by atoms with van der Waals surface area (Å²) in [5.41, 5.74) is 0.478. The number of rotatable bonds is 4. The lowest BCUT2D eigenvalue weighted by Crippen LogP contribution is -2.41. The second kappa shape index (κ2) is 7.90. The Labute approximate surface area is 150 Å². The van der Waals surface area contributed by atoms with E-state index in [2.05, 4.69) is 20.6 Å². The molecule has 0 spiro atoms. The summed E-state index contributed by atoms with van der Waals surface area (Å²) in [6, 6.07) is 5.85. The lowest BCUT2D eigenvalue weighted by atomic mass is 9.97. The summed E-state index contributed by atoms with van der Waals surface area (Å²) in [5, 5.41) is 5.20. The first kappa shape index (κ1) is 17.8. The average Bonchev–Trinajstić information content (AvgIpc) is 2.65. The fraction of sp³-hybridized carbons (Fsp3) is 0.333. The zero-order valence-electron chi connectivity index (χ0n) is 14.4. The molecule has 0 aliphatic carbocycles. The first-order valence-electron chi connectivity index (χ1n) is 8.43. The van der Waals surface area contributed by atoms with Gasteiger partial charge >= 0.3 is 0 Å². The molecule has 3 rings (SSSR count). The van der Waals surface area contributed by atoms with Crippen LogP contribution in [0.25, 0.3) is 0 Å². The van der Waals surface area contributed by atoms with Crippen molar-refractivity contribution in [2.45, 2.75) is 19.8 Å². The quantitative estimate of drug-likeness (QED) is 0.878. The molecule has 0 unspecified atom stereocenters. The number of piperidine rings is 1. The molecule has 136 valence electrons. The van der Waals surface area contributed by atoms with Crippen molar-refractivity contribution in [3.63, 3.8) is 0 Å². The maximum Gasteiger partial charge on any atom is 0.229 e. The van der Waals surface area contributed by atoms with Crippen LogP contribution in [0.5, 0.6) is 0 Å². The molecule has 8 heteroatoms. The van der Waals surface area contributed by atoms with Gasteiger partial charge in [-0.25, -0.2) is 14.4 Å². The highest BCUT2D eigenvalue weighted by molar-refractivity contribution is 5.95. The van der Waals surface area contributed by atoms with E-state index in [1.807, 2.05) is 4.90 Å². The second-order valence-electron chi connectivity index (χ2n) is 6.20. The van der Waals surface area contributed by atoms with Gasteiger partial charge in [-0.2, -0.15) is 0 Å². The predicted octanol–water partition coefficient (Wildman–Crippen LogP) is 2.43. The van der Waals surface area contributed by atoms with Gasteiger partial charge in [-0.15, -0.1) is 0 Å². The Morgan fingerprint density at radius 3 is 2.73 bits per heavy atom. The third-order valence-corrected chi connectivity index (χ3v) is 4.17. The smallest absolute Gasteiger partial charge is 0.229 e. The van der Waals surface area contributed by atoms with Gasteiger partial charge in [0.15, 0.2) is 0 Å². The third-order valence-electron chi connectivity index (χ3n) is 4.17. The van der Waals surface area contributed by atoms with E-state index in [1.54, 1.807) is 18.5 Å². The summed E-state index contributed by atoms with van der Waals surface area (Å²) in [6.45, 7) is 2.62. The number of carbonyl (C=O) groups is 2. The first-order valence-corrected chi connectivity index (χ1v) is 8.43. The van der Waals surface area contributed by atoms with Crippen molar-refractivity contribution in [1.29, 1.82) is 0 Å². The van der Waals surface area contributed by atoms with Gasteiger partial charge in [0.1, 0.15) is 5.82 Å². The molecule has 2 N–H and O–H groups in total. The summed E-state index contributed by atoms with van der Waals surface area (Å²) in [4.78, 5) is 34.2. The van der Waals surface area contributed by atoms with E-state index < -0.39 is 5.82 Å². The van der Waals surface area contributed by atoms with Gasteiger partial charge in [0, 0.05) is 38.1 Å². The minimum atomic E-state index is -0.553. The lowest BCUT2D eigenvalue weighted by molar-refractivity contribution is -0.120. The molecule has 2 aromatic rings. The Morgan fingerprint density at radius 1 is 1.23 bits per heavy atom. The summed E-state index contributed by atoms with van der Waals surface area (Å²) in [6.07, 6.45) is 4.97. The maximum atomic E-state index is 13.7. The zero-order valence-corrected chi connectivity index (χ0v) is 14.4. The van der Waals surface area contributed by atoms with Crippen LogP contribution in [0.4, 0.5) is 21.7 Å². The topological polar surface area (TPSA) is 87.2 Å². The molecule has 2 heterocycles. The van der Waals surface area contributed by atoms with E-state index in [4.69, 9.17) is 0 Å². The number of nitrogens with zero attached hydrogens (tertiary/aromatic N) is 3. The molecule has 1 aliphatic heterocycles. The number of aromatic nitrogens is 2. The molecule has 26 heavy (non-hydrogen) atoms. The Balaban J connectivity index is 1.67. The van der Waals surface area contributed by atoms with Gasteiger partial charge in [-0.05, 0) is 37.1 Å². The van der Waals surface area contributed by atoms with Crippen molar-refractivity contribution in [3.05, 3.63) is 42.5 Å². The molecule has 0 saturated carbocycles. The fourth-order valence-electron chi connectivity index (χ4n) is 2.96. The highest BCUT2D eigenvalue weighted by Crippen LogP contribution is 2.23. The summed E-state index contributed by atoms with van der Waals surface area (Å²) >= 11 is 0. The molecule has 1 aromatic carbocycles. The van der Waals surface area contributed by atoms with Crippen LogP contribution in [-0.4, -0.2) is 34.9 Å². The van der Waals surface area contributed by atoms with E-state index in [0.29, 0.717) is 18.2 Å². The average molecular weight is 357 g/mol. The number of amides is 2. The van der Waals surface area contributed by atoms with Gasteiger partial charge in [0.05, 0.1) is 11.6 Å². The Morgan fingerprint density at radius 2 is 2.00 bits per heavy atom. The van der Waals surface area contributed by atoms with Crippen LogP contribution in [-0.2, 0) is 9.59 Å². The molecular weight excluding hydrogens is 337 g/mol. The van der Waals surface area contributed by atoms with Crippen molar-refractivity contribution in [2.75, 3.05) is 28.6 Å². The van der Waals surface area contributed by atoms with Gasteiger partial charge in [-0.1, -0.05) is 0 Å². The maximum absolute atomic E-state index is 13.7. The molecule has 7 nitrogen and oxygen atoms in total. The van der Waals surface area contributed by atoms with Crippen molar-refractivity contribution >= 4 is 29.1 Å². The van der Waals surface area contributed by atoms with Crippen LogP contribution in [0.1, 0.15) is 19.8 Å². The van der Waals surface area contributed by atoms with Crippen LogP contribution in [0, 0.1) is 11.7 Å². The molecule has 1 fully saturated rings. The monoisotopic (exact) mass is 357 g/mol. The highest BCUT2D eigenvalue weighted by Gasteiger charge is 2.27. The third kappa shape index (κ3) is 4.33. The Kier molecular flexibility index (Phi) is 5.40. The van der Waals surface area contributed by atoms with Gasteiger partial charge < -0.3 is 15.5 Å². The number of nitrogens with one attached hydrogen (secondary N) is 2. The van der Waals surface area contributed by atoms with Crippen molar-refractivity contribution < 1.29 is 14.0 Å². The highest BCUT2D eigenvalue weighted by atomic mass is 19.1. The number of halogens is 1. The van der Waals surface area contributed by atoms with Crippen LogP contribution >= 0.6 is 0 Å². The van der Waals surface area contributed by atoms with Gasteiger partial charge in [0.2, 0.25) is 17.8 Å². The SMILES string of the molecule is CC(=O)Nc1cc(NC(=O)[C@@H]2CCCN(c3ncccn3)C2)ccc1F. The van der Waals surface area contributed by atoms with Gasteiger partial charge in [-0.3, -0.25) is 9.59 Å². The Bertz CT molecular complexity index is 799. The number of hydrogen-bond donors (Lipinski definition) is 2. The van der Waals surface area contributed by atoms with Crippen molar-refractivity contribution in [2.24, 2.45) is 5.92 Å². The largest absolute Gasteiger partial charge is 0.340 e. The fourth-order valence-corrected chi connectivity index (χ4v) is 2.96. The van der Waals surface area contributed by atoms with Crippen molar-refractivity contribution in [1.82, 2.24) is 9.97 Å². The summed E-state index contributed by atoms with van der Waals surface area (Å²) in [5.74, 6) is -0.686. The standard InChI is InChI=1S/C18H20FN5O2/c1-12(25)22-16-10-14(5-6-15(16)19)23-17(26)13-4-2-9-24(11-13)18-20-7-3-8-21-18/h3,5-8,10,13H,2,4,9,11H2,1H3,(H,22,25)(H,23,26)/t13-/m1/s1. The normalized spacial score (nSPS) is 16.8.